The monoisotopic (exact) mass is 213 g/mol. The van der Waals surface area contributed by atoms with Crippen LogP contribution in [0.5, 0.6) is 0 Å². The number of rotatable bonds is 6. The first-order chi connectivity index (χ1) is 7.34. The van der Waals surface area contributed by atoms with Gasteiger partial charge in [-0.15, -0.1) is 0 Å². The first kappa shape index (κ1) is 12.5. The SMILES string of the molecule is NCCCCCNC(=O)C1CCCCN1. The van der Waals surface area contributed by atoms with Gasteiger partial charge in [0.15, 0.2) is 0 Å². The zero-order valence-electron chi connectivity index (χ0n) is 9.43. The highest BCUT2D eigenvalue weighted by Gasteiger charge is 2.19. The molecule has 4 heteroatoms. The van der Waals surface area contributed by atoms with Crippen molar-refractivity contribution in [3.8, 4) is 0 Å². The molecule has 0 saturated carbocycles. The van der Waals surface area contributed by atoms with E-state index >= 15 is 0 Å². The molecule has 88 valence electrons. The standard InChI is InChI=1S/C11H23N3O/c12-7-3-1-4-9-14-11(15)10-6-2-5-8-13-10/h10,13H,1-9,12H2,(H,14,15). The van der Waals surface area contributed by atoms with Crippen LogP contribution in [0.2, 0.25) is 0 Å². The van der Waals surface area contributed by atoms with Crippen molar-refractivity contribution in [2.45, 2.75) is 44.6 Å². The summed E-state index contributed by atoms with van der Waals surface area (Å²) in [6.45, 7) is 2.51. The molecule has 1 atom stereocenters. The van der Waals surface area contributed by atoms with E-state index in [-0.39, 0.29) is 11.9 Å². The van der Waals surface area contributed by atoms with Crippen LogP contribution in [0.4, 0.5) is 0 Å². The van der Waals surface area contributed by atoms with Crippen LogP contribution in [-0.4, -0.2) is 31.6 Å². The fourth-order valence-corrected chi connectivity index (χ4v) is 1.86. The van der Waals surface area contributed by atoms with Crippen LogP contribution in [0.3, 0.4) is 0 Å². The summed E-state index contributed by atoms with van der Waals surface area (Å²) in [4.78, 5) is 11.6. The molecule has 1 heterocycles. The molecule has 0 bridgehead atoms. The Balaban J connectivity index is 2.02. The smallest absolute Gasteiger partial charge is 0.237 e. The van der Waals surface area contributed by atoms with Gasteiger partial charge in [-0.3, -0.25) is 4.79 Å². The minimum atomic E-state index is 0.0493. The van der Waals surface area contributed by atoms with E-state index in [2.05, 4.69) is 10.6 Å². The molecule has 0 radical (unpaired) electrons. The second-order valence-electron chi connectivity index (χ2n) is 4.14. The highest BCUT2D eigenvalue weighted by atomic mass is 16.2. The van der Waals surface area contributed by atoms with Crippen molar-refractivity contribution < 1.29 is 4.79 Å². The average molecular weight is 213 g/mol. The van der Waals surface area contributed by atoms with E-state index in [9.17, 15) is 4.79 Å². The number of nitrogens with two attached hydrogens (primary N) is 1. The molecule has 4 N–H and O–H groups in total. The Kier molecular flexibility index (Phi) is 6.36. The van der Waals surface area contributed by atoms with Crippen LogP contribution < -0.4 is 16.4 Å². The van der Waals surface area contributed by atoms with Gasteiger partial charge in [-0.1, -0.05) is 12.8 Å². The molecule has 1 unspecified atom stereocenters. The maximum Gasteiger partial charge on any atom is 0.237 e. The van der Waals surface area contributed by atoms with Crippen molar-refractivity contribution in [1.29, 1.82) is 0 Å². The molecule has 15 heavy (non-hydrogen) atoms. The molecule has 1 aliphatic heterocycles. The summed E-state index contributed by atoms with van der Waals surface area (Å²) >= 11 is 0. The van der Waals surface area contributed by atoms with Gasteiger partial charge in [0.2, 0.25) is 5.91 Å². The van der Waals surface area contributed by atoms with Crippen molar-refractivity contribution in [2.24, 2.45) is 5.73 Å². The Morgan fingerprint density at radius 3 is 2.87 bits per heavy atom. The second-order valence-corrected chi connectivity index (χ2v) is 4.14. The molecule has 1 rings (SSSR count). The van der Waals surface area contributed by atoms with Crippen LogP contribution in [0, 0.1) is 0 Å². The lowest BCUT2D eigenvalue weighted by molar-refractivity contribution is -0.123. The number of amides is 1. The topological polar surface area (TPSA) is 67.1 Å². The zero-order chi connectivity index (χ0) is 10.9. The summed E-state index contributed by atoms with van der Waals surface area (Å²) in [6, 6.07) is 0.0493. The van der Waals surface area contributed by atoms with Gasteiger partial charge < -0.3 is 16.4 Å². The van der Waals surface area contributed by atoms with Gasteiger partial charge in [-0.25, -0.2) is 0 Å². The third kappa shape index (κ3) is 5.14. The molecule has 0 spiro atoms. The van der Waals surface area contributed by atoms with Crippen molar-refractivity contribution in [3.05, 3.63) is 0 Å². The maximum atomic E-state index is 11.6. The van der Waals surface area contributed by atoms with E-state index in [1.807, 2.05) is 0 Å². The quantitative estimate of drug-likeness (QED) is 0.559. The Bertz CT molecular complexity index is 179. The molecule has 0 aliphatic carbocycles. The summed E-state index contributed by atoms with van der Waals surface area (Å²) in [6.07, 6.45) is 6.54. The summed E-state index contributed by atoms with van der Waals surface area (Å²) in [5.74, 6) is 0.169. The minimum Gasteiger partial charge on any atom is -0.355 e. The van der Waals surface area contributed by atoms with Crippen molar-refractivity contribution >= 4 is 5.91 Å². The highest BCUT2D eigenvalue weighted by molar-refractivity contribution is 5.81. The summed E-state index contributed by atoms with van der Waals surface area (Å²) in [7, 11) is 0. The third-order valence-corrected chi connectivity index (χ3v) is 2.81. The fourth-order valence-electron chi connectivity index (χ4n) is 1.86. The number of unbranched alkanes of at least 4 members (excludes halogenated alkanes) is 2. The lowest BCUT2D eigenvalue weighted by Gasteiger charge is -2.22. The number of hydrogen-bond acceptors (Lipinski definition) is 3. The highest BCUT2D eigenvalue weighted by Crippen LogP contribution is 2.06. The number of carbonyl (C=O) groups excluding carboxylic acids is 1. The lowest BCUT2D eigenvalue weighted by atomic mass is 10.0. The molecule has 0 aromatic carbocycles. The first-order valence-corrected chi connectivity index (χ1v) is 6.06. The summed E-state index contributed by atoms with van der Waals surface area (Å²) < 4.78 is 0. The van der Waals surface area contributed by atoms with E-state index in [0.717, 1.165) is 51.7 Å². The van der Waals surface area contributed by atoms with Crippen LogP contribution in [0.15, 0.2) is 0 Å². The predicted octanol–water partition coefficient (Wildman–Crippen LogP) is 0.374. The maximum absolute atomic E-state index is 11.6. The fraction of sp³-hybridized carbons (Fsp3) is 0.909. The van der Waals surface area contributed by atoms with Crippen LogP contribution in [0.1, 0.15) is 38.5 Å². The Morgan fingerprint density at radius 1 is 1.33 bits per heavy atom. The normalized spacial score (nSPS) is 21.3. The van der Waals surface area contributed by atoms with E-state index < -0.39 is 0 Å². The van der Waals surface area contributed by atoms with Crippen molar-refractivity contribution in [3.63, 3.8) is 0 Å². The summed E-state index contributed by atoms with van der Waals surface area (Å²) in [5.41, 5.74) is 5.39. The van der Waals surface area contributed by atoms with Crippen molar-refractivity contribution in [2.75, 3.05) is 19.6 Å². The molecule has 1 saturated heterocycles. The van der Waals surface area contributed by atoms with E-state index in [0.29, 0.717) is 0 Å². The second kappa shape index (κ2) is 7.65. The number of carbonyl (C=O) groups is 1. The van der Waals surface area contributed by atoms with Gasteiger partial charge in [-0.2, -0.15) is 0 Å². The van der Waals surface area contributed by atoms with Gasteiger partial charge >= 0.3 is 0 Å². The Morgan fingerprint density at radius 2 is 2.20 bits per heavy atom. The third-order valence-electron chi connectivity index (χ3n) is 2.81. The number of nitrogens with one attached hydrogen (secondary N) is 2. The van der Waals surface area contributed by atoms with Crippen molar-refractivity contribution in [1.82, 2.24) is 10.6 Å². The zero-order valence-corrected chi connectivity index (χ0v) is 9.43. The number of hydrogen-bond donors (Lipinski definition) is 3. The molecule has 1 aliphatic rings. The molecule has 0 aromatic rings. The average Bonchev–Trinajstić information content (AvgIpc) is 2.30. The van der Waals surface area contributed by atoms with Gasteiger partial charge in [0.25, 0.3) is 0 Å². The molecule has 1 fully saturated rings. The predicted molar refractivity (Wildman–Crippen MR) is 61.6 cm³/mol. The van der Waals surface area contributed by atoms with E-state index in [1.54, 1.807) is 0 Å². The minimum absolute atomic E-state index is 0.0493. The summed E-state index contributed by atoms with van der Waals surface area (Å²) in [5, 5.41) is 6.21. The molecule has 4 nitrogen and oxygen atoms in total. The van der Waals surface area contributed by atoms with Crippen LogP contribution in [-0.2, 0) is 4.79 Å². The van der Waals surface area contributed by atoms with Gasteiger partial charge in [0.1, 0.15) is 0 Å². The molecular weight excluding hydrogens is 190 g/mol. The molecule has 0 aromatic heterocycles. The Labute approximate surface area is 92.0 Å². The van der Waals surface area contributed by atoms with Crippen LogP contribution in [0.25, 0.3) is 0 Å². The largest absolute Gasteiger partial charge is 0.355 e. The lowest BCUT2D eigenvalue weighted by Crippen LogP contribution is -2.46. The van der Waals surface area contributed by atoms with Gasteiger partial charge in [0, 0.05) is 6.54 Å². The Hall–Kier alpha value is -0.610. The molecular formula is C11H23N3O. The number of piperidine rings is 1. The molecule has 1 amide bonds. The van der Waals surface area contributed by atoms with Gasteiger partial charge in [-0.05, 0) is 38.8 Å². The van der Waals surface area contributed by atoms with Gasteiger partial charge in [0.05, 0.1) is 6.04 Å². The first-order valence-electron chi connectivity index (χ1n) is 6.06. The van der Waals surface area contributed by atoms with Crippen LogP contribution >= 0.6 is 0 Å². The van der Waals surface area contributed by atoms with E-state index in [4.69, 9.17) is 5.73 Å². The van der Waals surface area contributed by atoms with E-state index in [1.165, 1.54) is 6.42 Å².